The number of imide groups is 1. The van der Waals surface area contributed by atoms with Gasteiger partial charge in [-0.15, -0.1) is 0 Å². The monoisotopic (exact) mass is 391 g/mol. The van der Waals surface area contributed by atoms with Gasteiger partial charge in [-0.2, -0.15) is 0 Å². The third-order valence-corrected chi connectivity index (χ3v) is 5.83. The van der Waals surface area contributed by atoms with Gasteiger partial charge in [0.2, 0.25) is 5.91 Å². The van der Waals surface area contributed by atoms with Crippen molar-refractivity contribution in [2.24, 2.45) is 0 Å². The molecule has 0 radical (unpaired) electrons. The highest BCUT2D eigenvalue weighted by Gasteiger charge is 2.40. The van der Waals surface area contributed by atoms with E-state index in [1.165, 1.54) is 0 Å². The number of hydrogen-bond donors (Lipinski definition) is 1. The van der Waals surface area contributed by atoms with Crippen LogP contribution in [0.25, 0.3) is 0 Å². The summed E-state index contributed by atoms with van der Waals surface area (Å²) in [7, 11) is 0. The highest BCUT2D eigenvalue weighted by Crippen LogP contribution is 2.26. The number of likely N-dealkylation sites (tertiary alicyclic amines) is 1. The average Bonchev–Trinajstić information content (AvgIpc) is 3.36. The Morgan fingerprint density at radius 2 is 1.48 bits per heavy atom. The highest BCUT2D eigenvalue weighted by molar-refractivity contribution is 6.22. The Balaban J connectivity index is 1.46. The van der Waals surface area contributed by atoms with E-state index < -0.39 is 17.9 Å². The zero-order valence-electron chi connectivity index (χ0n) is 16.5. The van der Waals surface area contributed by atoms with Crippen LogP contribution in [-0.2, 0) is 4.79 Å². The van der Waals surface area contributed by atoms with Crippen LogP contribution in [0.2, 0.25) is 0 Å². The molecule has 1 fully saturated rings. The van der Waals surface area contributed by atoms with Crippen molar-refractivity contribution in [3.63, 3.8) is 0 Å². The van der Waals surface area contributed by atoms with Crippen molar-refractivity contribution >= 4 is 17.7 Å². The number of amides is 3. The summed E-state index contributed by atoms with van der Waals surface area (Å²) in [5, 5.41) is 2.98. The largest absolute Gasteiger partial charge is 0.352 e. The Labute approximate surface area is 170 Å². The van der Waals surface area contributed by atoms with Crippen LogP contribution < -0.4 is 5.32 Å². The third kappa shape index (κ3) is 3.68. The summed E-state index contributed by atoms with van der Waals surface area (Å²) in [6.45, 7) is 4.05. The lowest BCUT2D eigenvalue weighted by Crippen LogP contribution is -2.49. The van der Waals surface area contributed by atoms with E-state index in [1.807, 2.05) is 18.2 Å². The Bertz CT molecular complexity index is 887. The average molecular weight is 391 g/mol. The molecule has 29 heavy (non-hydrogen) atoms. The van der Waals surface area contributed by atoms with E-state index in [4.69, 9.17) is 0 Å². The first-order valence-corrected chi connectivity index (χ1v) is 10.1. The van der Waals surface area contributed by atoms with Gasteiger partial charge in [0, 0.05) is 6.54 Å². The van der Waals surface area contributed by atoms with E-state index in [1.54, 1.807) is 31.2 Å². The normalized spacial score (nSPS) is 18.6. The number of nitrogens with zero attached hydrogens (tertiary/aromatic N) is 2. The van der Waals surface area contributed by atoms with Gasteiger partial charge < -0.3 is 5.32 Å². The summed E-state index contributed by atoms with van der Waals surface area (Å²) < 4.78 is 0. The van der Waals surface area contributed by atoms with Gasteiger partial charge in [0.15, 0.2) is 0 Å². The minimum Gasteiger partial charge on any atom is -0.352 e. The van der Waals surface area contributed by atoms with Gasteiger partial charge >= 0.3 is 0 Å². The third-order valence-electron chi connectivity index (χ3n) is 5.83. The maximum Gasteiger partial charge on any atom is 0.262 e. The zero-order chi connectivity index (χ0) is 20.4. The zero-order valence-corrected chi connectivity index (χ0v) is 16.5. The molecule has 0 aromatic heterocycles. The molecule has 150 valence electrons. The molecule has 6 heteroatoms. The number of nitrogens with one attached hydrogen (secondary N) is 1. The Kier molecular flexibility index (Phi) is 5.45. The number of carbonyl (C=O) groups excluding carboxylic acids is 3. The maximum atomic E-state index is 12.8. The molecule has 1 N–H and O–H groups in total. The van der Waals surface area contributed by atoms with Crippen molar-refractivity contribution in [3.05, 3.63) is 71.3 Å². The summed E-state index contributed by atoms with van der Waals surface area (Å²) in [4.78, 5) is 41.6. The SMILES string of the molecule is CC(C(=O)NCC(c1ccccc1)N1CCCC1)N1C(=O)c2ccccc2C1=O. The quantitative estimate of drug-likeness (QED) is 0.769. The lowest BCUT2D eigenvalue weighted by atomic mass is 10.1. The predicted molar refractivity (Wildman–Crippen MR) is 109 cm³/mol. The lowest BCUT2D eigenvalue weighted by molar-refractivity contribution is -0.124. The van der Waals surface area contributed by atoms with Crippen LogP contribution in [0.1, 0.15) is 52.1 Å². The van der Waals surface area contributed by atoms with Crippen molar-refractivity contribution in [2.75, 3.05) is 19.6 Å². The van der Waals surface area contributed by atoms with Crippen molar-refractivity contribution in [3.8, 4) is 0 Å². The van der Waals surface area contributed by atoms with Gasteiger partial charge in [0.05, 0.1) is 17.2 Å². The number of benzene rings is 2. The molecule has 2 heterocycles. The van der Waals surface area contributed by atoms with Gasteiger partial charge in [-0.25, -0.2) is 0 Å². The predicted octanol–water partition coefficient (Wildman–Crippen LogP) is 2.62. The first kappa shape index (κ1) is 19.3. The Morgan fingerprint density at radius 1 is 0.931 bits per heavy atom. The molecule has 2 aromatic rings. The van der Waals surface area contributed by atoms with Crippen LogP contribution in [0.5, 0.6) is 0 Å². The van der Waals surface area contributed by atoms with Gasteiger partial charge in [-0.05, 0) is 50.6 Å². The molecular formula is C23H25N3O3. The van der Waals surface area contributed by atoms with Crippen molar-refractivity contribution < 1.29 is 14.4 Å². The minimum absolute atomic E-state index is 0.0806. The minimum atomic E-state index is -0.864. The molecule has 3 amide bonds. The Hall–Kier alpha value is -2.99. The molecule has 2 unspecified atom stereocenters. The topological polar surface area (TPSA) is 69.7 Å². The van der Waals surface area contributed by atoms with Crippen LogP contribution in [0.3, 0.4) is 0 Å². The van der Waals surface area contributed by atoms with E-state index in [-0.39, 0.29) is 11.9 Å². The van der Waals surface area contributed by atoms with E-state index in [9.17, 15) is 14.4 Å². The first-order valence-electron chi connectivity index (χ1n) is 10.1. The molecule has 0 bridgehead atoms. The second-order valence-corrected chi connectivity index (χ2v) is 7.62. The summed E-state index contributed by atoms with van der Waals surface area (Å²) in [6, 6.07) is 16.0. The molecule has 0 aliphatic carbocycles. The van der Waals surface area contributed by atoms with E-state index in [0.29, 0.717) is 17.7 Å². The molecule has 2 aliphatic rings. The van der Waals surface area contributed by atoms with Crippen LogP contribution in [-0.4, -0.2) is 53.2 Å². The molecule has 2 atom stereocenters. The summed E-state index contributed by atoms with van der Waals surface area (Å²) in [5.41, 5.74) is 1.87. The van der Waals surface area contributed by atoms with Crippen molar-refractivity contribution in [1.82, 2.24) is 15.1 Å². The molecule has 2 aromatic carbocycles. The summed E-state index contributed by atoms with van der Waals surface area (Å²) >= 11 is 0. The first-order chi connectivity index (χ1) is 14.1. The molecule has 6 nitrogen and oxygen atoms in total. The highest BCUT2D eigenvalue weighted by atomic mass is 16.2. The van der Waals surface area contributed by atoms with E-state index >= 15 is 0 Å². The fraction of sp³-hybridized carbons (Fsp3) is 0.348. The number of fused-ring (bicyclic) bond motifs is 1. The molecule has 4 rings (SSSR count). The second-order valence-electron chi connectivity index (χ2n) is 7.62. The van der Waals surface area contributed by atoms with Crippen LogP contribution in [0.15, 0.2) is 54.6 Å². The van der Waals surface area contributed by atoms with Crippen molar-refractivity contribution in [1.29, 1.82) is 0 Å². The number of hydrogen-bond acceptors (Lipinski definition) is 4. The summed E-state index contributed by atoms with van der Waals surface area (Å²) in [5.74, 6) is -1.14. The van der Waals surface area contributed by atoms with Gasteiger partial charge in [0.25, 0.3) is 11.8 Å². The molecule has 2 aliphatic heterocycles. The van der Waals surface area contributed by atoms with Crippen molar-refractivity contribution in [2.45, 2.75) is 31.8 Å². The lowest BCUT2D eigenvalue weighted by Gasteiger charge is -2.29. The van der Waals surface area contributed by atoms with E-state index in [2.05, 4.69) is 22.3 Å². The van der Waals surface area contributed by atoms with Crippen LogP contribution in [0, 0.1) is 0 Å². The van der Waals surface area contributed by atoms with Crippen LogP contribution >= 0.6 is 0 Å². The smallest absolute Gasteiger partial charge is 0.262 e. The standard InChI is InChI=1S/C23H25N3O3/c1-16(26-22(28)18-11-5-6-12-19(18)23(26)29)21(27)24-15-20(25-13-7-8-14-25)17-9-3-2-4-10-17/h2-6,9-12,16,20H,7-8,13-15H2,1H3,(H,24,27). The van der Waals surface area contributed by atoms with Crippen LogP contribution in [0.4, 0.5) is 0 Å². The fourth-order valence-electron chi connectivity index (χ4n) is 4.21. The molecule has 0 saturated carbocycles. The molecule has 1 saturated heterocycles. The maximum absolute atomic E-state index is 12.8. The van der Waals surface area contributed by atoms with E-state index in [0.717, 1.165) is 36.4 Å². The second kappa shape index (κ2) is 8.17. The molecule has 0 spiro atoms. The number of carbonyl (C=O) groups is 3. The van der Waals surface area contributed by atoms with Gasteiger partial charge in [-0.3, -0.25) is 24.2 Å². The van der Waals surface area contributed by atoms with Gasteiger partial charge in [0.1, 0.15) is 6.04 Å². The molecular weight excluding hydrogens is 366 g/mol. The number of rotatable bonds is 6. The fourth-order valence-corrected chi connectivity index (χ4v) is 4.21. The van der Waals surface area contributed by atoms with Gasteiger partial charge in [-0.1, -0.05) is 42.5 Å². The Morgan fingerprint density at radius 3 is 2.07 bits per heavy atom. The summed E-state index contributed by atoms with van der Waals surface area (Å²) in [6.07, 6.45) is 2.31.